The fourth-order valence-electron chi connectivity index (χ4n) is 3.18. The monoisotopic (exact) mass is 488 g/mol. The van der Waals surface area contributed by atoms with Crippen LogP contribution in [0.15, 0.2) is 29.2 Å². The molecule has 8 heteroatoms. The molecule has 0 aliphatic rings. The largest absolute Gasteiger partial charge is 0.465 e. The van der Waals surface area contributed by atoms with E-state index >= 15 is 0 Å². The Kier molecular flexibility index (Phi) is 20.4. The third-order valence-corrected chi connectivity index (χ3v) is 5.96. The van der Waals surface area contributed by atoms with Crippen LogP contribution in [0.1, 0.15) is 97.0 Å². The number of carbonyl (C=O) groups is 1. The van der Waals surface area contributed by atoms with Gasteiger partial charge in [0.1, 0.15) is 6.04 Å². The lowest BCUT2D eigenvalue weighted by atomic mass is 10.0. The maximum Gasteiger partial charge on any atom is 0.322 e. The fraction of sp³-hybridized carbons (Fsp3) is 0.720. The van der Waals surface area contributed by atoms with Crippen LogP contribution in [0.3, 0.4) is 0 Å². The van der Waals surface area contributed by atoms with E-state index in [4.69, 9.17) is 15.0 Å². The molecule has 0 saturated heterocycles. The quantitative estimate of drug-likeness (QED) is 0.151. The average Bonchev–Trinajstić information content (AvgIpc) is 2.71. The molecule has 0 aliphatic heterocycles. The van der Waals surface area contributed by atoms with Gasteiger partial charge in [-0.05, 0) is 37.8 Å². The van der Waals surface area contributed by atoms with Crippen molar-refractivity contribution < 1.29 is 22.5 Å². The summed E-state index contributed by atoms with van der Waals surface area (Å²) in [7, 11) is -4.02. The molecular weight excluding hydrogens is 440 g/mol. The Morgan fingerprint density at radius 2 is 1.39 bits per heavy atom. The van der Waals surface area contributed by atoms with E-state index in [2.05, 4.69) is 20.8 Å². The van der Waals surface area contributed by atoms with Crippen molar-refractivity contribution in [2.75, 3.05) is 6.61 Å². The number of unbranched alkanes of at least 4 members (excludes halogenated alkanes) is 9. The van der Waals surface area contributed by atoms with Gasteiger partial charge in [0.05, 0.1) is 11.5 Å². The zero-order valence-electron chi connectivity index (χ0n) is 21.2. The van der Waals surface area contributed by atoms with E-state index < -0.39 is 16.2 Å². The van der Waals surface area contributed by atoms with Crippen LogP contribution in [0.2, 0.25) is 0 Å². The Bertz CT molecular complexity index is 706. The summed E-state index contributed by atoms with van der Waals surface area (Å²) in [5.74, 6) is 0.199. The first-order chi connectivity index (χ1) is 15.1. The molecule has 1 aromatic rings. The van der Waals surface area contributed by atoms with Crippen LogP contribution in [0.25, 0.3) is 0 Å². The Labute approximate surface area is 202 Å². The summed E-state index contributed by atoms with van der Waals surface area (Å²) in [4.78, 5) is 11.5. The van der Waals surface area contributed by atoms with Crippen LogP contribution >= 0.6 is 0 Å². The van der Waals surface area contributed by atoms with Gasteiger partial charge in [-0.25, -0.2) is 0 Å². The number of esters is 1. The van der Waals surface area contributed by atoms with E-state index in [9.17, 15) is 13.2 Å². The van der Waals surface area contributed by atoms with Gasteiger partial charge >= 0.3 is 5.97 Å². The molecule has 0 bridgehead atoms. The van der Waals surface area contributed by atoms with Crippen LogP contribution in [0.4, 0.5) is 0 Å². The topological polar surface area (TPSA) is 142 Å². The molecule has 1 rings (SSSR count). The van der Waals surface area contributed by atoms with Gasteiger partial charge in [-0.2, -0.15) is 8.42 Å². The molecule has 0 saturated carbocycles. The van der Waals surface area contributed by atoms with Gasteiger partial charge in [0.25, 0.3) is 10.1 Å². The minimum Gasteiger partial charge on any atom is -0.465 e. The number of hydrogen-bond acceptors (Lipinski definition) is 6. The van der Waals surface area contributed by atoms with E-state index in [-0.39, 0.29) is 17.0 Å². The molecule has 33 heavy (non-hydrogen) atoms. The van der Waals surface area contributed by atoms with Crippen LogP contribution < -0.4 is 11.9 Å². The van der Waals surface area contributed by atoms with Crippen LogP contribution in [0, 0.1) is 12.8 Å². The van der Waals surface area contributed by atoms with Crippen molar-refractivity contribution in [2.45, 2.75) is 109 Å². The fourth-order valence-corrected chi connectivity index (χ4v) is 3.66. The van der Waals surface area contributed by atoms with Gasteiger partial charge in [-0.15, -0.1) is 0 Å². The van der Waals surface area contributed by atoms with Gasteiger partial charge in [-0.1, -0.05) is 96.3 Å². The van der Waals surface area contributed by atoms with Crippen molar-refractivity contribution >= 4 is 16.1 Å². The second-order valence-corrected chi connectivity index (χ2v) is 10.3. The average molecular weight is 489 g/mol. The Hall–Kier alpha value is -1.48. The molecule has 1 aromatic carbocycles. The van der Waals surface area contributed by atoms with E-state index in [1.54, 1.807) is 12.1 Å². The van der Waals surface area contributed by atoms with Gasteiger partial charge < -0.3 is 16.6 Å². The molecule has 0 aromatic heterocycles. The molecule has 1 atom stereocenters. The van der Waals surface area contributed by atoms with Gasteiger partial charge in [0, 0.05) is 0 Å². The van der Waals surface area contributed by atoms with Crippen molar-refractivity contribution in [3.63, 3.8) is 0 Å². The minimum atomic E-state index is -4.02. The minimum absolute atomic E-state index is 0. The number of nitrogens with two attached hydrogens (primary N) is 1. The van der Waals surface area contributed by atoms with Crippen molar-refractivity contribution in [3.8, 4) is 0 Å². The number of benzene rings is 1. The standard InChI is InChI=1S/C18H37NO2.C7H8O3S.H3N/c1-4-5-6-7-8-9-10-11-12-13-14-21-18(20)17(19)15-16(2)3;1-6-2-4-7(5-3-6)11(8,9)10;/h16-17H,4-15,19H2,1-3H3;2-5H,1H3,(H,8,9,10);1H3/t17-;;/m0../s1. The third-order valence-electron chi connectivity index (χ3n) is 5.09. The molecule has 0 unspecified atom stereocenters. The van der Waals surface area contributed by atoms with Crippen molar-refractivity contribution in [1.29, 1.82) is 0 Å². The number of rotatable bonds is 15. The Morgan fingerprint density at radius 3 is 1.82 bits per heavy atom. The predicted octanol–water partition coefficient (Wildman–Crippen LogP) is 6.23. The van der Waals surface area contributed by atoms with Crippen LogP contribution in [0.5, 0.6) is 0 Å². The lowest BCUT2D eigenvalue weighted by Gasteiger charge is -2.13. The molecule has 0 amide bonds. The second kappa shape index (κ2) is 19.9. The highest BCUT2D eigenvalue weighted by molar-refractivity contribution is 7.85. The first kappa shape index (κ1) is 33.7. The van der Waals surface area contributed by atoms with Crippen molar-refractivity contribution in [2.24, 2.45) is 11.7 Å². The van der Waals surface area contributed by atoms with Gasteiger partial charge in [0.15, 0.2) is 0 Å². The second-order valence-electron chi connectivity index (χ2n) is 8.87. The molecule has 0 fully saturated rings. The zero-order chi connectivity index (χ0) is 24.4. The van der Waals surface area contributed by atoms with Crippen molar-refractivity contribution in [3.05, 3.63) is 29.8 Å². The van der Waals surface area contributed by atoms with Crippen LogP contribution in [-0.4, -0.2) is 31.6 Å². The summed E-state index contributed by atoms with van der Waals surface area (Å²) in [5.41, 5.74) is 6.73. The summed E-state index contributed by atoms with van der Waals surface area (Å²) < 4.78 is 34.8. The van der Waals surface area contributed by atoms with Gasteiger partial charge in [-0.3, -0.25) is 9.35 Å². The van der Waals surface area contributed by atoms with E-state index in [0.717, 1.165) is 18.4 Å². The number of hydrogen-bond donors (Lipinski definition) is 3. The SMILES string of the molecule is CCCCCCCCCCCCOC(=O)[C@@H](N)CC(C)C.Cc1ccc(S(=O)(=O)O)cc1.N. The predicted molar refractivity (Wildman–Crippen MR) is 136 cm³/mol. The molecule has 6 N–H and O–H groups in total. The highest BCUT2D eigenvalue weighted by Gasteiger charge is 2.15. The summed E-state index contributed by atoms with van der Waals surface area (Å²) in [6.45, 7) is 8.75. The summed E-state index contributed by atoms with van der Waals surface area (Å²) in [6, 6.07) is 5.54. The van der Waals surface area contributed by atoms with Crippen LogP contribution in [-0.2, 0) is 19.6 Å². The third kappa shape index (κ3) is 19.7. The molecule has 194 valence electrons. The molecule has 0 radical (unpaired) electrons. The van der Waals surface area contributed by atoms with E-state index in [1.165, 1.54) is 63.5 Å². The summed E-state index contributed by atoms with van der Waals surface area (Å²) in [5, 5.41) is 0. The molecule has 0 heterocycles. The lowest BCUT2D eigenvalue weighted by Crippen LogP contribution is -2.33. The summed E-state index contributed by atoms with van der Waals surface area (Å²) >= 11 is 0. The number of ether oxygens (including phenoxy) is 1. The van der Waals surface area contributed by atoms with Gasteiger partial charge in [0.2, 0.25) is 0 Å². The van der Waals surface area contributed by atoms with Crippen molar-refractivity contribution in [1.82, 2.24) is 6.15 Å². The zero-order valence-corrected chi connectivity index (χ0v) is 22.0. The first-order valence-corrected chi connectivity index (χ1v) is 13.5. The summed E-state index contributed by atoms with van der Waals surface area (Å²) in [6.07, 6.45) is 13.6. The number of carbonyl (C=O) groups excluding carboxylic acids is 1. The molecule has 0 spiro atoms. The molecular formula is C25H48N2O5S. The maximum absolute atomic E-state index is 11.6. The van der Waals surface area contributed by atoms with E-state index in [0.29, 0.717) is 18.9 Å². The number of aryl methyl sites for hydroxylation is 1. The molecule has 0 aliphatic carbocycles. The Balaban J connectivity index is 0. The molecule has 7 nitrogen and oxygen atoms in total. The Morgan fingerprint density at radius 1 is 0.939 bits per heavy atom. The first-order valence-electron chi connectivity index (χ1n) is 12.0. The highest BCUT2D eigenvalue weighted by Crippen LogP contribution is 2.11. The highest BCUT2D eigenvalue weighted by atomic mass is 32.2. The normalized spacial score (nSPS) is 11.8. The smallest absolute Gasteiger partial charge is 0.322 e. The van der Waals surface area contributed by atoms with E-state index in [1.807, 2.05) is 6.92 Å². The maximum atomic E-state index is 11.6. The lowest BCUT2D eigenvalue weighted by molar-refractivity contribution is -0.145.